The first-order valence-corrected chi connectivity index (χ1v) is 7.86. The second-order valence-corrected chi connectivity index (χ2v) is 6.37. The maximum Gasteiger partial charge on any atom is 0.210 e. The van der Waals surface area contributed by atoms with Gasteiger partial charge in [0.2, 0.25) is 9.84 Å². The maximum atomic E-state index is 12.4. The van der Waals surface area contributed by atoms with Gasteiger partial charge in [-0.05, 0) is 30.5 Å². The minimum atomic E-state index is -3.48. The maximum absolute atomic E-state index is 12.4. The predicted octanol–water partition coefficient (Wildman–Crippen LogP) is 3.76. The van der Waals surface area contributed by atoms with E-state index in [1.54, 1.807) is 30.3 Å². The molecule has 2 aromatic carbocycles. The molecule has 0 bridgehead atoms. The highest BCUT2D eigenvalue weighted by Crippen LogP contribution is 2.22. The average molecular weight is 284 g/mol. The van der Waals surface area contributed by atoms with Crippen LogP contribution in [0.15, 0.2) is 82.8 Å². The van der Waals surface area contributed by atoms with Crippen LogP contribution in [0.2, 0.25) is 0 Å². The van der Waals surface area contributed by atoms with Gasteiger partial charge in [0, 0.05) is 0 Å². The number of allylic oxidation sites excluding steroid dienone is 1. The van der Waals surface area contributed by atoms with Gasteiger partial charge >= 0.3 is 0 Å². The second kappa shape index (κ2) is 6.38. The van der Waals surface area contributed by atoms with E-state index in [0.29, 0.717) is 17.7 Å². The summed E-state index contributed by atoms with van der Waals surface area (Å²) in [5.74, 6) is 0. The summed E-state index contributed by atoms with van der Waals surface area (Å²) in [4.78, 5) is 0.534. The molecule has 102 valence electrons. The molecule has 2 nitrogen and oxygen atoms in total. The van der Waals surface area contributed by atoms with E-state index in [2.05, 4.69) is 12.3 Å². The molecule has 0 saturated heterocycles. The lowest BCUT2D eigenvalue weighted by Gasteiger charge is -2.07. The highest BCUT2D eigenvalue weighted by atomic mass is 32.2. The minimum absolute atomic E-state index is 0.243. The van der Waals surface area contributed by atoms with Crippen LogP contribution in [0.4, 0.5) is 0 Å². The topological polar surface area (TPSA) is 34.1 Å². The molecule has 0 spiro atoms. The van der Waals surface area contributed by atoms with Crippen LogP contribution in [-0.4, -0.2) is 8.42 Å². The highest BCUT2D eigenvalue weighted by molar-refractivity contribution is 7.95. The fourth-order valence-electron chi connectivity index (χ4n) is 1.96. The van der Waals surface area contributed by atoms with Gasteiger partial charge < -0.3 is 0 Å². The van der Waals surface area contributed by atoms with Gasteiger partial charge in [-0.3, -0.25) is 0 Å². The average Bonchev–Trinajstić information content (AvgIpc) is 2.49. The first-order chi connectivity index (χ1) is 9.64. The van der Waals surface area contributed by atoms with Gasteiger partial charge in [0.25, 0.3) is 0 Å². The van der Waals surface area contributed by atoms with Crippen molar-refractivity contribution in [2.75, 3.05) is 0 Å². The number of rotatable bonds is 5. The van der Waals surface area contributed by atoms with Crippen LogP contribution >= 0.6 is 0 Å². The Balaban J connectivity index is 2.20. The van der Waals surface area contributed by atoms with Gasteiger partial charge in [-0.2, -0.15) is 0 Å². The summed E-state index contributed by atoms with van der Waals surface area (Å²) in [6.07, 6.45) is 1.06. The van der Waals surface area contributed by atoms with Crippen molar-refractivity contribution in [2.45, 2.75) is 17.7 Å². The van der Waals surface area contributed by atoms with Gasteiger partial charge in [-0.25, -0.2) is 8.42 Å². The Kier molecular flexibility index (Phi) is 4.57. The Hall–Kier alpha value is -2.09. The summed E-state index contributed by atoms with van der Waals surface area (Å²) in [6.45, 7) is 3.52. The third-order valence-electron chi connectivity index (χ3n) is 3.06. The molecule has 0 heterocycles. The molecule has 0 radical (unpaired) electrons. The molecule has 2 rings (SSSR count). The summed E-state index contributed by atoms with van der Waals surface area (Å²) >= 11 is 0. The Morgan fingerprint density at radius 3 is 2.05 bits per heavy atom. The van der Waals surface area contributed by atoms with Crippen molar-refractivity contribution in [2.24, 2.45) is 0 Å². The smallest absolute Gasteiger partial charge is 0.210 e. The van der Waals surface area contributed by atoms with E-state index in [-0.39, 0.29) is 4.91 Å². The lowest BCUT2D eigenvalue weighted by molar-refractivity contribution is 0.600. The number of hydrogen-bond acceptors (Lipinski definition) is 2. The van der Waals surface area contributed by atoms with E-state index in [1.807, 2.05) is 30.3 Å². The van der Waals surface area contributed by atoms with Gasteiger partial charge in [0.1, 0.15) is 0 Å². The zero-order valence-electron chi connectivity index (χ0n) is 11.1. The molecule has 0 unspecified atom stereocenters. The van der Waals surface area contributed by atoms with Crippen molar-refractivity contribution in [1.29, 1.82) is 0 Å². The van der Waals surface area contributed by atoms with E-state index in [9.17, 15) is 8.42 Å². The van der Waals surface area contributed by atoms with Crippen molar-refractivity contribution in [3.8, 4) is 0 Å². The number of hydrogen-bond donors (Lipinski definition) is 0. The zero-order chi connectivity index (χ0) is 14.4. The largest absolute Gasteiger partial charge is 0.218 e. The summed E-state index contributed by atoms with van der Waals surface area (Å²) in [7, 11) is -3.48. The molecule has 0 atom stereocenters. The molecule has 3 heteroatoms. The van der Waals surface area contributed by atoms with E-state index >= 15 is 0 Å². The third kappa shape index (κ3) is 3.27. The quantitative estimate of drug-likeness (QED) is 0.783. The Morgan fingerprint density at radius 1 is 0.950 bits per heavy atom. The molecule has 0 fully saturated rings. The zero-order valence-corrected chi connectivity index (χ0v) is 11.9. The summed E-state index contributed by atoms with van der Waals surface area (Å²) in [5, 5.41) is 0. The SMILES string of the molecule is C=C=C(CCc1ccccc1)S(=O)(=O)c1ccccc1. The summed E-state index contributed by atoms with van der Waals surface area (Å²) in [6, 6.07) is 18.2. The first kappa shape index (κ1) is 14.3. The van der Waals surface area contributed by atoms with Crippen molar-refractivity contribution in [3.05, 3.63) is 83.4 Å². The molecule has 0 aliphatic heterocycles. The van der Waals surface area contributed by atoms with Crippen LogP contribution in [0.3, 0.4) is 0 Å². The Bertz CT molecular complexity index is 710. The molecule has 0 aliphatic rings. The number of sulfone groups is 1. The Morgan fingerprint density at radius 2 is 1.50 bits per heavy atom. The first-order valence-electron chi connectivity index (χ1n) is 6.37. The number of benzene rings is 2. The van der Waals surface area contributed by atoms with E-state index < -0.39 is 9.84 Å². The van der Waals surface area contributed by atoms with Crippen molar-refractivity contribution in [1.82, 2.24) is 0 Å². The standard InChI is InChI=1S/C17H16O2S/c1-2-16(14-13-15-9-5-3-6-10-15)20(18,19)17-11-7-4-8-12-17/h3-12H,1,13-14H2. The molecule has 0 saturated carbocycles. The van der Waals surface area contributed by atoms with E-state index in [1.165, 1.54) is 0 Å². The second-order valence-electron chi connectivity index (χ2n) is 4.40. The van der Waals surface area contributed by atoms with Crippen molar-refractivity contribution in [3.63, 3.8) is 0 Å². The van der Waals surface area contributed by atoms with Crippen LogP contribution in [0.1, 0.15) is 12.0 Å². The van der Waals surface area contributed by atoms with Crippen molar-refractivity contribution >= 4 is 9.84 Å². The van der Waals surface area contributed by atoms with Gasteiger partial charge in [0.05, 0.1) is 9.80 Å². The van der Waals surface area contributed by atoms with Crippen LogP contribution in [0, 0.1) is 0 Å². The molecule has 2 aromatic rings. The summed E-state index contributed by atoms with van der Waals surface area (Å²) in [5.41, 5.74) is 3.69. The summed E-state index contributed by atoms with van der Waals surface area (Å²) < 4.78 is 24.9. The fourth-order valence-corrected chi connectivity index (χ4v) is 3.32. The molecule has 0 amide bonds. The fraction of sp³-hybridized carbons (Fsp3) is 0.118. The van der Waals surface area contributed by atoms with Gasteiger partial charge in [-0.15, -0.1) is 5.73 Å². The number of aryl methyl sites for hydroxylation is 1. The molecule has 0 aromatic heterocycles. The van der Waals surface area contributed by atoms with Gasteiger partial charge in [-0.1, -0.05) is 55.1 Å². The monoisotopic (exact) mass is 284 g/mol. The normalized spacial score (nSPS) is 10.8. The molecule has 0 N–H and O–H groups in total. The predicted molar refractivity (Wildman–Crippen MR) is 81.0 cm³/mol. The van der Waals surface area contributed by atoms with Crippen LogP contribution in [0.5, 0.6) is 0 Å². The van der Waals surface area contributed by atoms with E-state index in [0.717, 1.165) is 5.56 Å². The minimum Gasteiger partial charge on any atom is -0.218 e. The molecular weight excluding hydrogens is 268 g/mol. The van der Waals surface area contributed by atoms with Crippen LogP contribution < -0.4 is 0 Å². The van der Waals surface area contributed by atoms with Crippen LogP contribution in [0.25, 0.3) is 0 Å². The Labute approximate surface area is 120 Å². The molecule has 20 heavy (non-hydrogen) atoms. The molecular formula is C17H16O2S. The molecule has 0 aliphatic carbocycles. The van der Waals surface area contributed by atoms with Crippen molar-refractivity contribution < 1.29 is 8.42 Å². The lowest BCUT2D eigenvalue weighted by Crippen LogP contribution is -2.05. The van der Waals surface area contributed by atoms with Gasteiger partial charge in [0.15, 0.2) is 0 Å². The third-order valence-corrected chi connectivity index (χ3v) is 4.95. The highest BCUT2D eigenvalue weighted by Gasteiger charge is 2.19. The van der Waals surface area contributed by atoms with Crippen LogP contribution in [-0.2, 0) is 16.3 Å². The van der Waals surface area contributed by atoms with E-state index in [4.69, 9.17) is 0 Å². The lowest BCUT2D eigenvalue weighted by atomic mass is 10.1.